The van der Waals surface area contributed by atoms with Crippen molar-refractivity contribution in [2.75, 3.05) is 0 Å². The molecule has 2 aromatic heterocycles. The van der Waals surface area contributed by atoms with Gasteiger partial charge < -0.3 is 4.98 Å². The van der Waals surface area contributed by atoms with Crippen LogP contribution in [0.3, 0.4) is 0 Å². The number of nitriles is 2. The van der Waals surface area contributed by atoms with Crippen LogP contribution in [-0.2, 0) is 20.1 Å². The minimum Gasteiger partial charge on any atom is -0.305 e. The van der Waals surface area contributed by atoms with Crippen LogP contribution < -0.4 is 0 Å². The number of hydrogen-bond acceptors (Lipinski definition) is 4. The Morgan fingerprint density at radius 2 is 1.63 bits per heavy atom. The quantitative estimate of drug-likeness (QED) is 0.189. The Morgan fingerprint density at radius 3 is 2.26 bits per heavy atom. The first kappa shape index (κ1) is 27.7. The van der Waals surface area contributed by atoms with Crippen LogP contribution in [0.25, 0.3) is 38.5 Å². The molecule has 0 amide bonds. The molecule has 38 heavy (non-hydrogen) atoms. The molecule has 0 saturated carbocycles. The second-order valence-electron chi connectivity index (χ2n) is 7.90. The Morgan fingerprint density at radius 1 is 0.868 bits per heavy atom. The van der Waals surface area contributed by atoms with E-state index in [1.54, 1.807) is 12.4 Å². The zero-order valence-corrected chi connectivity index (χ0v) is 22.7. The molecule has 5 rings (SSSR count). The van der Waals surface area contributed by atoms with Crippen LogP contribution in [0.1, 0.15) is 16.7 Å². The first-order chi connectivity index (χ1) is 18.1. The van der Waals surface area contributed by atoms with E-state index >= 15 is 0 Å². The monoisotopic (exact) mass is 666 g/mol. The van der Waals surface area contributed by atoms with Crippen molar-refractivity contribution in [1.29, 1.82) is 10.5 Å². The van der Waals surface area contributed by atoms with Crippen LogP contribution in [0.4, 0.5) is 5.69 Å². The van der Waals surface area contributed by atoms with E-state index in [0.29, 0.717) is 11.3 Å². The Labute approximate surface area is 235 Å². The van der Waals surface area contributed by atoms with Gasteiger partial charge in [-0.15, -0.1) is 35.9 Å². The van der Waals surface area contributed by atoms with E-state index in [9.17, 15) is 5.26 Å². The van der Waals surface area contributed by atoms with E-state index in [2.05, 4.69) is 26.9 Å². The third-order valence-corrected chi connectivity index (χ3v) is 5.50. The van der Waals surface area contributed by atoms with Gasteiger partial charge in [0.15, 0.2) is 0 Å². The number of aromatic nitrogens is 2. The van der Waals surface area contributed by atoms with Crippen molar-refractivity contribution in [3.63, 3.8) is 0 Å². The van der Waals surface area contributed by atoms with Gasteiger partial charge in [-0.2, -0.15) is 4.85 Å². The molecule has 5 nitrogen and oxygen atoms in total. The zero-order chi connectivity index (χ0) is 26.0. The predicted octanol–water partition coefficient (Wildman–Crippen LogP) is 7.36. The number of nitrogens with zero attached hydrogens (tertiary/aromatic N) is 5. The maximum atomic E-state index is 9.23. The van der Waals surface area contributed by atoms with Gasteiger partial charge in [0.25, 0.3) is 5.69 Å². The van der Waals surface area contributed by atoms with Crippen LogP contribution in [-0.4, -0.2) is 9.97 Å². The van der Waals surface area contributed by atoms with Gasteiger partial charge in [0.1, 0.15) is 6.57 Å². The fourth-order valence-electron chi connectivity index (χ4n) is 3.66. The van der Waals surface area contributed by atoms with E-state index < -0.39 is 0 Å². The van der Waals surface area contributed by atoms with Gasteiger partial charge >= 0.3 is 0 Å². The van der Waals surface area contributed by atoms with Crippen molar-refractivity contribution in [3.8, 4) is 45.8 Å². The molecule has 183 valence electrons. The second-order valence-corrected chi connectivity index (χ2v) is 7.90. The topological polar surface area (TPSA) is 77.7 Å². The Hall–Kier alpha value is -4.92. The standard InChI is InChI=1S/C21H11N4.C11H8N.Ir/c1-14-13-25-21(10-18(14)15-6-4-3-5-7-15)19-8-16(11-22)17(12-23)9-20(19)24-2;1-2-6-10(7-3-1)11-8-4-5-9-12-11;/h3-7,9-10,13H,1H3;1-6,8-9H;/q2*-1;. The van der Waals surface area contributed by atoms with Crippen LogP contribution in [0.15, 0.2) is 97.3 Å². The largest absolute Gasteiger partial charge is 0.305 e. The van der Waals surface area contributed by atoms with E-state index in [0.717, 1.165) is 27.9 Å². The fraction of sp³-hybridized carbons (Fsp3) is 0.0312. The molecule has 6 heteroatoms. The predicted molar refractivity (Wildman–Crippen MR) is 143 cm³/mol. The van der Waals surface area contributed by atoms with Gasteiger partial charge in [0.05, 0.1) is 6.07 Å². The summed E-state index contributed by atoms with van der Waals surface area (Å²) >= 11 is 0. The second kappa shape index (κ2) is 13.4. The van der Waals surface area contributed by atoms with Crippen molar-refractivity contribution >= 4 is 5.69 Å². The summed E-state index contributed by atoms with van der Waals surface area (Å²) in [6, 6.07) is 36.8. The molecular formula is C32H19IrN5-2. The van der Waals surface area contributed by atoms with Crippen molar-refractivity contribution in [3.05, 3.63) is 138 Å². The van der Waals surface area contributed by atoms with Crippen LogP contribution in [0.5, 0.6) is 0 Å². The maximum Gasteiger partial charge on any atom is 0.254 e. The maximum absolute atomic E-state index is 9.23. The zero-order valence-electron chi connectivity index (χ0n) is 20.3. The number of aryl methyl sites for hydroxylation is 1. The molecular weight excluding hydrogens is 647 g/mol. The number of benzene rings is 3. The molecule has 0 unspecified atom stereocenters. The molecule has 0 atom stereocenters. The van der Waals surface area contributed by atoms with Gasteiger partial charge in [-0.1, -0.05) is 54.6 Å². The average molecular weight is 666 g/mol. The molecule has 0 bridgehead atoms. The molecule has 0 aliphatic heterocycles. The van der Waals surface area contributed by atoms with Gasteiger partial charge in [-0.3, -0.25) is 4.98 Å². The van der Waals surface area contributed by atoms with Crippen LogP contribution >= 0.6 is 0 Å². The van der Waals surface area contributed by atoms with Crippen molar-refractivity contribution in [1.82, 2.24) is 9.97 Å². The summed E-state index contributed by atoms with van der Waals surface area (Å²) < 4.78 is 0. The first-order valence-corrected chi connectivity index (χ1v) is 11.3. The normalized spacial score (nSPS) is 9.42. The molecule has 0 spiro atoms. The number of hydrogen-bond donors (Lipinski definition) is 0. The van der Waals surface area contributed by atoms with Gasteiger partial charge in [-0.05, 0) is 58.6 Å². The third-order valence-electron chi connectivity index (χ3n) is 5.50. The molecule has 0 aliphatic rings. The van der Waals surface area contributed by atoms with E-state index in [1.165, 1.54) is 6.07 Å². The Kier molecular flexibility index (Phi) is 9.76. The molecule has 1 radical (unpaired) electrons. The minimum absolute atomic E-state index is 0. The summed E-state index contributed by atoms with van der Waals surface area (Å²) in [6.07, 6.45) is 3.53. The van der Waals surface area contributed by atoms with Crippen molar-refractivity contribution < 1.29 is 20.1 Å². The van der Waals surface area contributed by atoms with Gasteiger partial charge in [-0.25, -0.2) is 10.5 Å². The van der Waals surface area contributed by atoms with Gasteiger partial charge in [0, 0.05) is 43.8 Å². The number of pyridine rings is 2. The Balaban J connectivity index is 0.000000258. The minimum atomic E-state index is 0. The summed E-state index contributed by atoms with van der Waals surface area (Å²) in [6.45, 7) is 9.35. The van der Waals surface area contributed by atoms with Crippen molar-refractivity contribution in [2.45, 2.75) is 6.92 Å². The molecule has 0 fully saturated rings. The van der Waals surface area contributed by atoms with Crippen LogP contribution in [0.2, 0.25) is 0 Å². The summed E-state index contributed by atoms with van der Waals surface area (Å²) in [5.41, 5.74) is 6.57. The van der Waals surface area contributed by atoms with Crippen molar-refractivity contribution in [2.24, 2.45) is 0 Å². The molecule has 0 saturated heterocycles. The summed E-state index contributed by atoms with van der Waals surface area (Å²) in [5.74, 6) is 0. The molecule has 3 aromatic carbocycles. The summed E-state index contributed by atoms with van der Waals surface area (Å²) in [4.78, 5) is 12.1. The number of rotatable bonds is 3. The molecule has 5 aromatic rings. The molecule has 0 aliphatic carbocycles. The first-order valence-electron chi connectivity index (χ1n) is 11.3. The van der Waals surface area contributed by atoms with Gasteiger partial charge in [0.2, 0.25) is 0 Å². The third kappa shape index (κ3) is 6.44. The average Bonchev–Trinajstić information content (AvgIpc) is 2.98. The van der Waals surface area contributed by atoms with E-state index in [1.807, 2.05) is 97.9 Å². The summed E-state index contributed by atoms with van der Waals surface area (Å²) in [5, 5.41) is 18.4. The Bertz CT molecular complexity index is 1610. The fourth-order valence-corrected chi connectivity index (χ4v) is 3.66. The van der Waals surface area contributed by atoms with Crippen LogP contribution in [0, 0.1) is 48.3 Å². The van der Waals surface area contributed by atoms with E-state index in [4.69, 9.17) is 11.8 Å². The molecule has 0 N–H and O–H groups in total. The smallest absolute Gasteiger partial charge is 0.254 e. The summed E-state index contributed by atoms with van der Waals surface area (Å²) in [7, 11) is 0. The van der Waals surface area contributed by atoms with E-state index in [-0.39, 0.29) is 36.9 Å². The molecule has 2 heterocycles. The SMILES string of the molecule is [C-]#[N+]c1cc(C#N)c(C#N)[c-]c1-c1cc(-c2ccccc2)c(C)cn1.[Ir].[c-]1ccccc1-c1ccccn1.